The lowest BCUT2D eigenvalue weighted by molar-refractivity contribution is -0.200. The summed E-state index contributed by atoms with van der Waals surface area (Å²) in [5.74, 6) is -1.70. The molecule has 0 amide bonds. The molecule has 0 unspecified atom stereocenters. The highest BCUT2D eigenvalue weighted by Gasteiger charge is 2.49. The zero-order chi connectivity index (χ0) is 20.9. The predicted molar refractivity (Wildman–Crippen MR) is 86.5 cm³/mol. The van der Waals surface area contributed by atoms with E-state index in [0.29, 0.717) is 0 Å². The fraction of sp³-hybridized carbons (Fsp3) is 0.357. The molecule has 0 aliphatic carbocycles. The average Bonchev–Trinajstić information content (AvgIpc) is 2.61. The highest BCUT2D eigenvalue weighted by atomic mass is 35.5. The second-order valence-corrected chi connectivity index (χ2v) is 6.12. The molecule has 0 aromatic heterocycles. The van der Waals surface area contributed by atoms with Crippen LogP contribution < -0.4 is 16.0 Å². The van der Waals surface area contributed by atoms with Gasteiger partial charge >= 0.3 is 12.1 Å². The minimum absolute atomic E-state index is 0.0445. The van der Waals surface area contributed by atoms with Crippen LogP contribution in [0.25, 0.3) is 6.08 Å². The van der Waals surface area contributed by atoms with Crippen LogP contribution in [0.5, 0.6) is 5.75 Å². The van der Waals surface area contributed by atoms with Crippen molar-refractivity contribution in [2.45, 2.75) is 18.4 Å². The fourth-order valence-corrected chi connectivity index (χ4v) is 2.80. The summed E-state index contributed by atoms with van der Waals surface area (Å²) in [6, 6.07) is 2.46. The van der Waals surface area contributed by atoms with E-state index in [-0.39, 0.29) is 21.4 Å². The molecule has 0 saturated carbocycles. The van der Waals surface area contributed by atoms with Crippen molar-refractivity contribution in [1.29, 1.82) is 0 Å². The molecule has 14 heteroatoms. The summed E-state index contributed by atoms with van der Waals surface area (Å²) in [5.41, 5.74) is 1.78. The van der Waals surface area contributed by atoms with Gasteiger partial charge < -0.3 is 9.47 Å². The SMILES string of the molecule is O=C(OC(CONO)CONO)C1=Cc2cc(Cl)cc(Cl)c2O[C@@H]1C(F)(F)F. The Kier molecular flexibility index (Phi) is 7.86. The highest BCUT2D eigenvalue weighted by molar-refractivity contribution is 6.36. The third kappa shape index (κ3) is 5.68. The Morgan fingerprint density at radius 2 is 1.82 bits per heavy atom. The van der Waals surface area contributed by atoms with Crippen molar-refractivity contribution in [3.05, 3.63) is 33.3 Å². The Morgan fingerprint density at radius 1 is 1.21 bits per heavy atom. The number of esters is 1. The number of carbonyl (C=O) groups excluding carboxylic acids is 1. The number of rotatable bonds is 8. The summed E-state index contributed by atoms with van der Waals surface area (Å²) in [6.07, 6.45) is -8.04. The van der Waals surface area contributed by atoms with Crippen molar-refractivity contribution in [2.24, 2.45) is 0 Å². The highest BCUT2D eigenvalue weighted by Crippen LogP contribution is 2.42. The molecule has 1 aromatic rings. The normalized spacial score (nSPS) is 16.4. The first-order chi connectivity index (χ1) is 13.2. The maximum Gasteiger partial charge on any atom is 0.430 e. The van der Waals surface area contributed by atoms with Crippen molar-refractivity contribution in [3.8, 4) is 5.75 Å². The Hall–Kier alpha value is -1.64. The molecule has 0 spiro atoms. The molecule has 1 aliphatic rings. The van der Waals surface area contributed by atoms with E-state index >= 15 is 0 Å². The van der Waals surface area contributed by atoms with Gasteiger partial charge in [0.1, 0.15) is 19.0 Å². The van der Waals surface area contributed by atoms with E-state index in [1.54, 1.807) is 0 Å². The minimum Gasteiger partial charge on any atom is -0.474 e. The van der Waals surface area contributed by atoms with E-state index in [2.05, 4.69) is 9.68 Å². The summed E-state index contributed by atoms with van der Waals surface area (Å²) in [7, 11) is 0. The largest absolute Gasteiger partial charge is 0.474 e. The maximum absolute atomic E-state index is 13.4. The van der Waals surface area contributed by atoms with Crippen LogP contribution >= 0.6 is 23.2 Å². The van der Waals surface area contributed by atoms with E-state index in [1.165, 1.54) is 23.4 Å². The molecule has 1 aliphatic heterocycles. The van der Waals surface area contributed by atoms with Gasteiger partial charge in [0.25, 0.3) is 0 Å². The van der Waals surface area contributed by atoms with Gasteiger partial charge in [0.15, 0.2) is 6.10 Å². The minimum atomic E-state index is -4.96. The van der Waals surface area contributed by atoms with Crippen LogP contribution in [0.3, 0.4) is 0 Å². The van der Waals surface area contributed by atoms with Gasteiger partial charge in [0.05, 0.1) is 10.6 Å². The average molecular weight is 449 g/mol. The van der Waals surface area contributed by atoms with Crippen molar-refractivity contribution in [3.63, 3.8) is 0 Å². The summed E-state index contributed by atoms with van der Waals surface area (Å²) in [4.78, 5) is 21.1. The van der Waals surface area contributed by atoms with E-state index in [0.717, 1.165) is 6.08 Å². The number of nitrogens with one attached hydrogen (secondary N) is 2. The predicted octanol–water partition coefficient (Wildman–Crippen LogP) is 2.43. The maximum atomic E-state index is 13.4. The molecule has 0 fully saturated rings. The van der Waals surface area contributed by atoms with Crippen molar-refractivity contribution >= 4 is 35.2 Å². The molecule has 0 radical (unpaired) electrons. The monoisotopic (exact) mass is 448 g/mol. The molecule has 4 N–H and O–H groups in total. The van der Waals surface area contributed by atoms with Crippen LogP contribution in [0.1, 0.15) is 5.56 Å². The molecular formula is C14H13Cl2F3N2O7. The lowest BCUT2D eigenvalue weighted by Gasteiger charge is -2.29. The molecular weight excluding hydrogens is 436 g/mol. The van der Waals surface area contributed by atoms with Crippen molar-refractivity contribution in [1.82, 2.24) is 11.3 Å². The molecule has 0 saturated heterocycles. The van der Waals surface area contributed by atoms with Gasteiger partial charge in [-0.15, -0.1) is 0 Å². The van der Waals surface area contributed by atoms with E-state index in [1.807, 2.05) is 0 Å². The number of benzene rings is 1. The summed E-state index contributed by atoms with van der Waals surface area (Å²) in [6.45, 7) is -1.05. The number of halogens is 5. The summed E-state index contributed by atoms with van der Waals surface area (Å²) >= 11 is 11.7. The summed E-state index contributed by atoms with van der Waals surface area (Å²) < 4.78 is 50.1. The number of hydrogen-bond donors (Lipinski definition) is 4. The topological polar surface area (TPSA) is 119 Å². The Balaban J connectivity index is 2.34. The summed E-state index contributed by atoms with van der Waals surface area (Å²) in [5, 5.41) is 16.8. The smallest absolute Gasteiger partial charge is 0.430 e. The molecule has 1 atom stereocenters. The standard InChI is InChI=1S/C14H13Cl2F3N2O7/c15-7-1-6-2-9(12(14(17,18)19)28-11(6)10(16)3-7)13(22)27-8(4-25-20-23)5-26-21-24/h1-3,8,12,20-21,23-24H,4-5H2/t12-/m0/s1. The number of fused-ring (bicyclic) bond motifs is 1. The fourth-order valence-electron chi connectivity index (χ4n) is 2.24. The first kappa shape index (κ1) is 22.6. The number of ether oxygens (including phenoxy) is 2. The quantitative estimate of drug-likeness (QED) is 0.351. The van der Waals surface area contributed by atoms with Crippen LogP contribution in [-0.2, 0) is 19.2 Å². The molecule has 1 aromatic carbocycles. The molecule has 0 bridgehead atoms. The molecule has 1 heterocycles. The van der Waals surface area contributed by atoms with E-state index in [9.17, 15) is 18.0 Å². The third-order valence-electron chi connectivity index (χ3n) is 3.34. The van der Waals surface area contributed by atoms with Gasteiger partial charge in [-0.05, 0) is 18.2 Å². The van der Waals surface area contributed by atoms with E-state index < -0.39 is 43.1 Å². The lowest BCUT2D eigenvalue weighted by Crippen LogP contribution is -2.42. The molecule has 2 rings (SSSR count). The Bertz CT molecular complexity index is 740. The Morgan fingerprint density at radius 3 is 2.36 bits per heavy atom. The molecule has 156 valence electrons. The van der Waals surface area contributed by atoms with Crippen molar-refractivity contribution in [2.75, 3.05) is 13.2 Å². The van der Waals surface area contributed by atoms with Crippen molar-refractivity contribution < 1.29 is 47.5 Å². The molecule has 28 heavy (non-hydrogen) atoms. The Labute approximate surface area is 165 Å². The van der Waals surface area contributed by atoms with Gasteiger partial charge in [0.2, 0.25) is 6.10 Å². The van der Waals surface area contributed by atoms with E-state index in [4.69, 9.17) is 43.1 Å². The van der Waals surface area contributed by atoms with Gasteiger partial charge in [-0.2, -0.15) is 13.2 Å². The first-order valence-electron chi connectivity index (χ1n) is 7.34. The van der Waals surface area contributed by atoms with Crippen LogP contribution in [0.2, 0.25) is 10.0 Å². The molecule has 9 nitrogen and oxygen atoms in total. The van der Waals surface area contributed by atoms with Gasteiger partial charge in [-0.1, -0.05) is 34.5 Å². The van der Waals surface area contributed by atoms with Crippen LogP contribution in [0.4, 0.5) is 13.2 Å². The van der Waals surface area contributed by atoms with Gasteiger partial charge in [-0.25, -0.2) is 4.79 Å². The first-order valence-corrected chi connectivity index (χ1v) is 8.09. The zero-order valence-electron chi connectivity index (χ0n) is 13.6. The second kappa shape index (κ2) is 9.71. The van der Waals surface area contributed by atoms with Gasteiger partial charge in [-0.3, -0.25) is 20.1 Å². The third-order valence-corrected chi connectivity index (χ3v) is 3.84. The number of hydrogen-bond acceptors (Lipinski definition) is 9. The number of alkyl halides is 3. The zero-order valence-corrected chi connectivity index (χ0v) is 15.1. The van der Waals surface area contributed by atoms with Crippen LogP contribution in [-0.4, -0.2) is 48.0 Å². The lowest BCUT2D eigenvalue weighted by atomic mass is 10.0. The second-order valence-electron chi connectivity index (χ2n) is 5.28. The van der Waals surface area contributed by atoms with Crippen LogP contribution in [0, 0.1) is 0 Å². The number of carbonyl (C=O) groups is 1. The van der Waals surface area contributed by atoms with Gasteiger partial charge in [0, 0.05) is 10.6 Å². The van der Waals surface area contributed by atoms with Crippen LogP contribution in [0.15, 0.2) is 17.7 Å².